The number of aliphatic imine (C=N–C) groups is 1. The van der Waals surface area contributed by atoms with Gasteiger partial charge in [-0.25, -0.2) is 0 Å². The Bertz CT molecular complexity index is 782. The highest BCUT2D eigenvalue weighted by Crippen LogP contribution is 2.32. The monoisotopic (exact) mass is 372 g/mol. The third-order valence-electron chi connectivity index (χ3n) is 4.06. The average molecular weight is 372 g/mol. The number of rotatable bonds is 7. The Morgan fingerprint density at radius 1 is 1.23 bits per heavy atom. The summed E-state index contributed by atoms with van der Waals surface area (Å²) in [7, 11) is 2.98. The number of nitrogens with one attached hydrogen (secondary N) is 1. The Hall–Kier alpha value is -2.22. The molecule has 0 amide bonds. The predicted molar refractivity (Wildman–Crippen MR) is 106 cm³/mol. The molecule has 2 aromatic carbocycles. The molecular weight excluding hydrogens is 350 g/mol. The number of methoxy groups -OCH3 is 1. The first-order valence-corrected chi connectivity index (χ1v) is 9.40. The number of benzene rings is 2. The smallest absolute Gasteiger partial charge is 0.129 e. The number of hydrogen-bond donors (Lipinski definition) is 1. The number of thioether (sulfide) groups is 1. The van der Waals surface area contributed by atoms with Gasteiger partial charge < -0.3 is 20.5 Å². The molecule has 0 atom stereocenters. The van der Waals surface area contributed by atoms with Crippen LogP contribution in [0.25, 0.3) is 0 Å². The highest BCUT2D eigenvalue weighted by atomic mass is 32.2. The molecule has 1 heterocycles. The normalized spacial score (nSPS) is 13.7. The molecule has 26 heavy (non-hydrogen) atoms. The quantitative estimate of drug-likeness (QED) is 0.592. The Balaban J connectivity index is 1.82. The van der Waals surface area contributed by atoms with Gasteiger partial charge in [0, 0.05) is 34.9 Å². The zero-order chi connectivity index (χ0) is 18.4. The zero-order valence-electron chi connectivity index (χ0n) is 14.9. The fourth-order valence-electron chi connectivity index (χ4n) is 2.75. The van der Waals surface area contributed by atoms with Crippen LogP contribution in [0.3, 0.4) is 0 Å². The number of ether oxygens (including phenoxy) is 1. The molecule has 6 nitrogen and oxygen atoms in total. The first-order valence-electron chi connectivity index (χ1n) is 8.41. The van der Waals surface area contributed by atoms with Crippen LogP contribution in [0.4, 0.5) is 5.69 Å². The van der Waals surface area contributed by atoms with Crippen LogP contribution in [0.2, 0.25) is 0 Å². The summed E-state index contributed by atoms with van der Waals surface area (Å²) >= 11 is 1.69. The van der Waals surface area contributed by atoms with Crippen LogP contribution in [0.15, 0.2) is 52.4 Å². The summed E-state index contributed by atoms with van der Waals surface area (Å²) in [5, 5.41) is 15.6. The molecule has 0 unspecified atom stereocenters. The highest BCUT2D eigenvalue weighted by Gasteiger charge is 2.13. The molecule has 0 saturated carbocycles. The van der Waals surface area contributed by atoms with Crippen molar-refractivity contribution >= 4 is 23.3 Å². The SMILES string of the molecule is COc1ccc(N([O-])OC)cc1CSc1ccccc1C1=NCCCN1. The van der Waals surface area contributed by atoms with E-state index in [0.29, 0.717) is 16.7 Å². The minimum Gasteiger partial charge on any atom is -0.733 e. The predicted octanol–water partition coefficient (Wildman–Crippen LogP) is 3.59. The number of hydrogen-bond acceptors (Lipinski definition) is 7. The van der Waals surface area contributed by atoms with Crippen LogP contribution < -0.4 is 15.3 Å². The summed E-state index contributed by atoms with van der Waals surface area (Å²) in [6.07, 6.45) is 1.06. The van der Waals surface area contributed by atoms with Gasteiger partial charge >= 0.3 is 0 Å². The lowest BCUT2D eigenvalue weighted by Crippen LogP contribution is -2.30. The van der Waals surface area contributed by atoms with Gasteiger partial charge in [-0.1, -0.05) is 18.2 Å². The van der Waals surface area contributed by atoms with Crippen molar-refractivity contribution in [3.05, 3.63) is 58.8 Å². The van der Waals surface area contributed by atoms with Gasteiger partial charge in [0.2, 0.25) is 0 Å². The van der Waals surface area contributed by atoms with E-state index >= 15 is 0 Å². The molecule has 138 valence electrons. The molecule has 1 N–H and O–H groups in total. The summed E-state index contributed by atoms with van der Waals surface area (Å²) in [6, 6.07) is 13.5. The molecule has 0 aliphatic carbocycles. The van der Waals surface area contributed by atoms with Gasteiger partial charge in [0.05, 0.1) is 19.9 Å². The summed E-state index contributed by atoms with van der Waals surface area (Å²) in [4.78, 5) is 10.5. The van der Waals surface area contributed by atoms with Gasteiger partial charge in [-0.15, -0.1) is 11.8 Å². The molecule has 0 bridgehead atoms. The van der Waals surface area contributed by atoms with Crippen molar-refractivity contribution in [3.8, 4) is 5.75 Å². The minimum absolute atomic E-state index is 0.440. The number of anilines is 1. The van der Waals surface area contributed by atoms with Gasteiger partial charge in [0.1, 0.15) is 11.6 Å². The lowest BCUT2D eigenvalue weighted by atomic mass is 10.2. The Morgan fingerprint density at radius 3 is 2.81 bits per heavy atom. The lowest BCUT2D eigenvalue weighted by Gasteiger charge is -2.27. The summed E-state index contributed by atoms with van der Waals surface area (Å²) < 4.78 is 5.44. The maximum absolute atomic E-state index is 11.7. The van der Waals surface area contributed by atoms with E-state index in [1.54, 1.807) is 37.1 Å². The van der Waals surface area contributed by atoms with Crippen molar-refractivity contribution < 1.29 is 9.57 Å². The molecular formula is C19H22N3O3S-. The maximum atomic E-state index is 11.7. The van der Waals surface area contributed by atoms with Crippen LogP contribution >= 0.6 is 11.8 Å². The second kappa shape index (κ2) is 8.93. The van der Waals surface area contributed by atoms with E-state index in [1.807, 2.05) is 12.1 Å². The van der Waals surface area contributed by atoms with Gasteiger partial charge in [0.25, 0.3) is 0 Å². The molecule has 0 saturated heterocycles. The van der Waals surface area contributed by atoms with E-state index in [1.165, 1.54) is 7.11 Å². The van der Waals surface area contributed by atoms with E-state index < -0.39 is 0 Å². The topological polar surface area (TPSA) is 69.2 Å². The van der Waals surface area contributed by atoms with Gasteiger partial charge in [-0.05, 0) is 30.7 Å². The minimum atomic E-state index is 0.440. The van der Waals surface area contributed by atoms with Crippen molar-refractivity contribution in [2.24, 2.45) is 4.99 Å². The standard InChI is InChI=1S/C19H22N3O3S/c1-24-17-9-8-15(22(23)25-2)12-14(17)13-26-18-7-4-3-6-16(18)19-20-10-5-11-21-19/h3-4,6-9,12H,5,10-11,13H2,1-2H3,(H,20,21)/q-1. The lowest BCUT2D eigenvalue weighted by molar-refractivity contribution is 0.198. The van der Waals surface area contributed by atoms with Crippen molar-refractivity contribution in [2.45, 2.75) is 17.1 Å². The third kappa shape index (κ3) is 4.30. The molecule has 0 spiro atoms. The Kier molecular flexibility index (Phi) is 6.38. The van der Waals surface area contributed by atoms with E-state index in [4.69, 9.17) is 9.57 Å². The molecule has 0 fully saturated rings. The summed E-state index contributed by atoms with van der Waals surface area (Å²) in [5.41, 5.74) is 2.48. The maximum Gasteiger partial charge on any atom is 0.129 e. The average Bonchev–Trinajstić information content (AvgIpc) is 2.72. The summed E-state index contributed by atoms with van der Waals surface area (Å²) in [5.74, 6) is 2.36. The van der Waals surface area contributed by atoms with Gasteiger partial charge in [-0.3, -0.25) is 9.83 Å². The van der Waals surface area contributed by atoms with E-state index in [-0.39, 0.29) is 0 Å². The van der Waals surface area contributed by atoms with Crippen LogP contribution in [0.5, 0.6) is 5.75 Å². The second-order valence-corrected chi connectivity index (χ2v) is 6.75. The second-order valence-electron chi connectivity index (χ2n) is 5.73. The van der Waals surface area contributed by atoms with Crippen LogP contribution in [0.1, 0.15) is 17.5 Å². The van der Waals surface area contributed by atoms with Crippen molar-refractivity contribution in [2.75, 3.05) is 32.5 Å². The largest absolute Gasteiger partial charge is 0.733 e. The fourth-order valence-corrected chi connectivity index (χ4v) is 3.79. The Labute approximate surface area is 157 Å². The van der Waals surface area contributed by atoms with Crippen LogP contribution in [-0.2, 0) is 10.6 Å². The highest BCUT2D eigenvalue weighted by molar-refractivity contribution is 7.98. The molecule has 2 aromatic rings. The fraction of sp³-hybridized carbons (Fsp3) is 0.316. The van der Waals surface area contributed by atoms with E-state index in [9.17, 15) is 5.21 Å². The van der Waals surface area contributed by atoms with E-state index in [2.05, 4.69) is 22.4 Å². The molecule has 1 aliphatic heterocycles. The van der Waals surface area contributed by atoms with Crippen molar-refractivity contribution in [3.63, 3.8) is 0 Å². The Morgan fingerprint density at radius 2 is 2.08 bits per heavy atom. The number of amidine groups is 1. The van der Waals surface area contributed by atoms with Crippen molar-refractivity contribution in [1.29, 1.82) is 0 Å². The molecule has 3 rings (SSSR count). The first kappa shape index (κ1) is 18.6. The summed E-state index contributed by atoms with van der Waals surface area (Å²) in [6.45, 7) is 1.80. The molecule has 0 aromatic heterocycles. The zero-order valence-corrected chi connectivity index (χ0v) is 15.7. The third-order valence-corrected chi connectivity index (χ3v) is 5.19. The molecule has 7 heteroatoms. The first-order chi connectivity index (χ1) is 12.7. The molecule has 1 aliphatic rings. The van der Waals surface area contributed by atoms with Gasteiger partial charge in [-0.2, -0.15) is 0 Å². The number of nitrogens with zero attached hydrogens (tertiary/aromatic N) is 2. The van der Waals surface area contributed by atoms with Crippen LogP contribution in [-0.4, -0.2) is 33.1 Å². The van der Waals surface area contributed by atoms with E-state index in [0.717, 1.165) is 47.1 Å². The molecule has 0 radical (unpaired) electrons. The van der Waals surface area contributed by atoms with Crippen molar-refractivity contribution in [1.82, 2.24) is 5.32 Å². The van der Waals surface area contributed by atoms with Gasteiger partial charge in [0.15, 0.2) is 0 Å². The van der Waals surface area contributed by atoms with Crippen LogP contribution in [0, 0.1) is 5.21 Å².